The standard InChI is InChI=1S/C11H20N2O3/c1-3-5-9(11(15)16-4-2)13-8-6-10(14)12-7-8/h8-9,13H,3-7H2,1-2H3,(H,12,14). The molecule has 2 unspecified atom stereocenters. The minimum Gasteiger partial charge on any atom is -0.465 e. The van der Waals surface area contributed by atoms with Crippen molar-refractivity contribution in [2.24, 2.45) is 0 Å². The molecule has 16 heavy (non-hydrogen) atoms. The average molecular weight is 228 g/mol. The zero-order valence-electron chi connectivity index (χ0n) is 9.91. The van der Waals surface area contributed by atoms with Crippen molar-refractivity contribution in [3.05, 3.63) is 0 Å². The van der Waals surface area contributed by atoms with Gasteiger partial charge in [0.2, 0.25) is 5.91 Å². The maximum atomic E-state index is 11.6. The maximum absolute atomic E-state index is 11.6. The zero-order chi connectivity index (χ0) is 12.0. The third kappa shape index (κ3) is 3.81. The summed E-state index contributed by atoms with van der Waals surface area (Å²) in [5, 5.41) is 5.91. The molecule has 0 aromatic heterocycles. The topological polar surface area (TPSA) is 67.4 Å². The lowest BCUT2D eigenvalue weighted by molar-refractivity contribution is -0.146. The Bertz CT molecular complexity index is 256. The molecule has 1 saturated heterocycles. The number of carbonyl (C=O) groups is 2. The number of hydrogen-bond donors (Lipinski definition) is 2. The summed E-state index contributed by atoms with van der Waals surface area (Å²) in [5.41, 5.74) is 0. The molecule has 2 N–H and O–H groups in total. The van der Waals surface area contributed by atoms with E-state index in [0.717, 1.165) is 12.8 Å². The first-order chi connectivity index (χ1) is 7.67. The Balaban J connectivity index is 2.43. The summed E-state index contributed by atoms with van der Waals surface area (Å²) < 4.78 is 4.99. The van der Waals surface area contributed by atoms with Gasteiger partial charge in [0.25, 0.3) is 0 Å². The van der Waals surface area contributed by atoms with Gasteiger partial charge in [-0.2, -0.15) is 0 Å². The van der Waals surface area contributed by atoms with Gasteiger partial charge in [-0.25, -0.2) is 0 Å². The summed E-state index contributed by atoms with van der Waals surface area (Å²) in [5.74, 6) is -0.180. The molecule has 0 bridgehead atoms. The van der Waals surface area contributed by atoms with E-state index in [-0.39, 0.29) is 24.0 Å². The quantitative estimate of drug-likeness (QED) is 0.637. The summed E-state index contributed by atoms with van der Waals surface area (Å²) in [6.07, 6.45) is 2.09. The van der Waals surface area contributed by atoms with Crippen molar-refractivity contribution in [2.75, 3.05) is 13.2 Å². The monoisotopic (exact) mass is 228 g/mol. The Kier molecular flexibility index (Phi) is 5.25. The Morgan fingerprint density at radius 1 is 1.62 bits per heavy atom. The Morgan fingerprint density at radius 3 is 2.88 bits per heavy atom. The molecule has 0 aromatic rings. The van der Waals surface area contributed by atoms with Crippen LogP contribution in [0, 0.1) is 0 Å². The SMILES string of the molecule is CCCC(NC1CNC(=O)C1)C(=O)OCC. The largest absolute Gasteiger partial charge is 0.465 e. The maximum Gasteiger partial charge on any atom is 0.323 e. The number of nitrogens with one attached hydrogen (secondary N) is 2. The van der Waals surface area contributed by atoms with Crippen LogP contribution in [0.15, 0.2) is 0 Å². The first kappa shape index (κ1) is 13.0. The summed E-state index contributed by atoms with van der Waals surface area (Å²) >= 11 is 0. The molecule has 2 atom stereocenters. The molecule has 0 saturated carbocycles. The summed E-state index contributed by atoms with van der Waals surface area (Å²) in [6.45, 7) is 4.80. The van der Waals surface area contributed by atoms with E-state index < -0.39 is 0 Å². The van der Waals surface area contributed by atoms with Crippen LogP contribution in [0.25, 0.3) is 0 Å². The van der Waals surface area contributed by atoms with Gasteiger partial charge < -0.3 is 10.1 Å². The zero-order valence-corrected chi connectivity index (χ0v) is 9.91. The second-order valence-corrected chi connectivity index (χ2v) is 3.97. The van der Waals surface area contributed by atoms with Crippen LogP contribution < -0.4 is 10.6 Å². The third-order valence-corrected chi connectivity index (χ3v) is 2.56. The minimum absolute atomic E-state index is 0.0385. The summed E-state index contributed by atoms with van der Waals surface area (Å²) in [6, 6.07) is -0.240. The number of rotatable bonds is 6. The molecular formula is C11H20N2O3. The van der Waals surface area contributed by atoms with E-state index in [2.05, 4.69) is 10.6 Å². The van der Waals surface area contributed by atoms with Crippen molar-refractivity contribution >= 4 is 11.9 Å². The van der Waals surface area contributed by atoms with Gasteiger partial charge in [0.15, 0.2) is 0 Å². The molecule has 1 aliphatic rings. The van der Waals surface area contributed by atoms with E-state index in [9.17, 15) is 9.59 Å². The fourth-order valence-corrected chi connectivity index (χ4v) is 1.81. The van der Waals surface area contributed by atoms with Crippen LogP contribution >= 0.6 is 0 Å². The smallest absolute Gasteiger partial charge is 0.323 e. The lowest BCUT2D eigenvalue weighted by Gasteiger charge is -2.19. The van der Waals surface area contributed by atoms with Crippen LogP contribution in [0.2, 0.25) is 0 Å². The van der Waals surface area contributed by atoms with Gasteiger partial charge in [0.1, 0.15) is 6.04 Å². The van der Waals surface area contributed by atoms with Gasteiger partial charge in [-0.1, -0.05) is 13.3 Å². The molecule has 5 nitrogen and oxygen atoms in total. The third-order valence-electron chi connectivity index (χ3n) is 2.56. The highest BCUT2D eigenvalue weighted by atomic mass is 16.5. The lowest BCUT2D eigenvalue weighted by Crippen LogP contribution is -2.45. The summed E-state index contributed by atoms with van der Waals surface area (Å²) in [7, 11) is 0. The molecule has 1 heterocycles. The van der Waals surface area contributed by atoms with Gasteiger partial charge in [-0.15, -0.1) is 0 Å². The molecule has 1 rings (SSSR count). The fraction of sp³-hybridized carbons (Fsp3) is 0.818. The van der Waals surface area contributed by atoms with E-state index in [0.29, 0.717) is 19.6 Å². The summed E-state index contributed by atoms with van der Waals surface area (Å²) in [4.78, 5) is 22.6. The van der Waals surface area contributed by atoms with Gasteiger partial charge >= 0.3 is 5.97 Å². The first-order valence-corrected chi connectivity index (χ1v) is 5.86. The molecule has 1 fully saturated rings. The van der Waals surface area contributed by atoms with Crippen molar-refractivity contribution in [1.82, 2.24) is 10.6 Å². The number of amides is 1. The Labute approximate surface area is 95.9 Å². The van der Waals surface area contributed by atoms with Crippen molar-refractivity contribution in [3.63, 3.8) is 0 Å². The highest BCUT2D eigenvalue weighted by Gasteiger charge is 2.27. The Hall–Kier alpha value is -1.10. The first-order valence-electron chi connectivity index (χ1n) is 5.86. The predicted octanol–water partition coefficient (Wildman–Crippen LogP) is 0.196. The molecule has 1 aliphatic heterocycles. The van der Waals surface area contributed by atoms with Crippen LogP contribution in [0.4, 0.5) is 0 Å². The van der Waals surface area contributed by atoms with Crippen molar-refractivity contribution in [3.8, 4) is 0 Å². The number of esters is 1. The lowest BCUT2D eigenvalue weighted by atomic mass is 10.1. The van der Waals surface area contributed by atoms with E-state index in [4.69, 9.17) is 4.74 Å². The van der Waals surface area contributed by atoms with E-state index >= 15 is 0 Å². The molecule has 92 valence electrons. The predicted molar refractivity (Wildman–Crippen MR) is 59.9 cm³/mol. The average Bonchev–Trinajstić information content (AvgIpc) is 2.64. The van der Waals surface area contributed by atoms with E-state index in [1.165, 1.54) is 0 Å². The molecule has 1 amide bonds. The minimum atomic E-state index is -0.289. The van der Waals surface area contributed by atoms with Gasteiger partial charge in [-0.05, 0) is 13.3 Å². The van der Waals surface area contributed by atoms with Crippen LogP contribution in [0.3, 0.4) is 0 Å². The van der Waals surface area contributed by atoms with Crippen LogP contribution in [-0.4, -0.2) is 37.1 Å². The van der Waals surface area contributed by atoms with Gasteiger partial charge in [-0.3, -0.25) is 14.9 Å². The number of ether oxygens (including phenoxy) is 1. The van der Waals surface area contributed by atoms with Crippen molar-refractivity contribution < 1.29 is 14.3 Å². The van der Waals surface area contributed by atoms with Crippen molar-refractivity contribution in [2.45, 2.75) is 45.2 Å². The second-order valence-electron chi connectivity index (χ2n) is 3.97. The molecular weight excluding hydrogens is 208 g/mol. The number of carbonyl (C=O) groups excluding carboxylic acids is 2. The molecule has 5 heteroatoms. The molecule has 0 aromatic carbocycles. The second kappa shape index (κ2) is 6.48. The van der Waals surface area contributed by atoms with Crippen molar-refractivity contribution in [1.29, 1.82) is 0 Å². The van der Waals surface area contributed by atoms with E-state index in [1.807, 2.05) is 6.92 Å². The highest BCUT2D eigenvalue weighted by molar-refractivity contribution is 5.79. The fourth-order valence-electron chi connectivity index (χ4n) is 1.81. The normalized spacial score (nSPS) is 21.6. The van der Waals surface area contributed by atoms with Crippen LogP contribution in [0.5, 0.6) is 0 Å². The molecule has 0 aliphatic carbocycles. The van der Waals surface area contributed by atoms with Gasteiger partial charge in [0.05, 0.1) is 6.61 Å². The highest BCUT2D eigenvalue weighted by Crippen LogP contribution is 2.06. The number of hydrogen-bond acceptors (Lipinski definition) is 4. The van der Waals surface area contributed by atoms with Gasteiger partial charge in [0, 0.05) is 19.0 Å². The van der Waals surface area contributed by atoms with Crippen LogP contribution in [0.1, 0.15) is 33.1 Å². The molecule has 0 spiro atoms. The Morgan fingerprint density at radius 2 is 2.38 bits per heavy atom. The molecule has 0 radical (unpaired) electrons. The van der Waals surface area contributed by atoms with Crippen LogP contribution in [-0.2, 0) is 14.3 Å². The van der Waals surface area contributed by atoms with E-state index in [1.54, 1.807) is 6.92 Å².